The first-order valence-electron chi connectivity index (χ1n) is 4.95. The number of likely N-dealkylation sites (N-methyl/N-ethyl adjacent to an activating group) is 1. The van der Waals surface area contributed by atoms with Crippen molar-refractivity contribution in [3.8, 4) is 0 Å². The normalized spacial score (nSPS) is 25.6. The Hall–Kier alpha value is -1.10. The van der Waals surface area contributed by atoms with Crippen LogP contribution < -0.4 is 5.73 Å². The molecule has 2 rings (SSSR count). The molecule has 0 unspecified atom stereocenters. The van der Waals surface area contributed by atoms with Gasteiger partial charge in [-0.15, -0.1) is 0 Å². The van der Waals surface area contributed by atoms with Crippen LogP contribution in [0.1, 0.15) is 19.8 Å². The van der Waals surface area contributed by atoms with Gasteiger partial charge in [-0.25, -0.2) is 4.79 Å². The number of hydrogen-bond acceptors (Lipinski definition) is 3. The summed E-state index contributed by atoms with van der Waals surface area (Å²) in [5.74, 6) is 0.465. The maximum atomic E-state index is 11.5. The number of carbonyl (C=O) groups is 1. The number of hydrogen-bond donors (Lipinski definition) is 1. The zero-order valence-electron chi connectivity index (χ0n) is 8.32. The highest BCUT2D eigenvalue weighted by atomic mass is 16.5. The Morgan fingerprint density at radius 2 is 2.21 bits per heavy atom. The van der Waals surface area contributed by atoms with E-state index in [4.69, 9.17) is 10.5 Å². The predicted octanol–water partition coefficient (Wildman–Crippen LogP) is 0.348. The summed E-state index contributed by atoms with van der Waals surface area (Å²) in [4.78, 5) is 17.1. The van der Waals surface area contributed by atoms with Gasteiger partial charge in [-0.3, -0.25) is 0 Å². The molecular formula is C9H15N3O2. The van der Waals surface area contributed by atoms with Gasteiger partial charge >= 0.3 is 6.03 Å². The summed E-state index contributed by atoms with van der Waals surface area (Å²) >= 11 is 0. The molecule has 2 aliphatic heterocycles. The Morgan fingerprint density at radius 3 is 2.79 bits per heavy atom. The molecule has 0 aliphatic carbocycles. The molecule has 0 aromatic carbocycles. The second-order valence-corrected chi connectivity index (χ2v) is 3.67. The van der Waals surface area contributed by atoms with Gasteiger partial charge in [-0.05, 0) is 6.92 Å². The first kappa shape index (κ1) is 9.45. The topological polar surface area (TPSA) is 67.9 Å². The van der Waals surface area contributed by atoms with Crippen LogP contribution in [-0.2, 0) is 4.74 Å². The van der Waals surface area contributed by atoms with Gasteiger partial charge in [0, 0.05) is 32.6 Å². The smallest absolute Gasteiger partial charge is 0.346 e. The molecule has 5 nitrogen and oxygen atoms in total. The van der Waals surface area contributed by atoms with Crippen LogP contribution in [0.15, 0.2) is 4.99 Å². The molecule has 78 valence electrons. The third kappa shape index (κ3) is 1.12. The van der Waals surface area contributed by atoms with Crippen molar-refractivity contribution >= 4 is 11.9 Å². The van der Waals surface area contributed by atoms with E-state index in [1.807, 2.05) is 6.92 Å². The molecule has 2 N–H and O–H groups in total. The molecule has 2 aliphatic rings. The molecule has 1 spiro atoms. The van der Waals surface area contributed by atoms with Crippen molar-refractivity contribution in [2.24, 2.45) is 10.7 Å². The maximum absolute atomic E-state index is 11.5. The van der Waals surface area contributed by atoms with Crippen LogP contribution in [0.25, 0.3) is 0 Å². The van der Waals surface area contributed by atoms with Crippen LogP contribution in [0, 0.1) is 0 Å². The van der Waals surface area contributed by atoms with Crippen molar-refractivity contribution in [3.63, 3.8) is 0 Å². The highest BCUT2D eigenvalue weighted by molar-refractivity contribution is 6.05. The largest absolute Gasteiger partial charge is 0.385 e. The monoisotopic (exact) mass is 197 g/mol. The molecule has 1 fully saturated rings. The van der Waals surface area contributed by atoms with E-state index < -0.39 is 0 Å². The number of carbonyl (C=O) groups excluding carboxylic acids is 1. The van der Waals surface area contributed by atoms with Gasteiger partial charge in [-0.1, -0.05) is 0 Å². The van der Waals surface area contributed by atoms with Gasteiger partial charge in [0.1, 0.15) is 11.4 Å². The Bertz CT molecular complexity index is 282. The van der Waals surface area contributed by atoms with E-state index in [1.165, 1.54) is 0 Å². The summed E-state index contributed by atoms with van der Waals surface area (Å²) in [6.07, 6.45) is 1.53. The third-order valence-electron chi connectivity index (χ3n) is 3.08. The summed E-state index contributed by atoms with van der Waals surface area (Å²) < 4.78 is 5.28. The van der Waals surface area contributed by atoms with Crippen LogP contribution in [0.4, 0.5) is 4.79 Å². The summed E-state index contributed by atoms with van der Waals surface area (Å²) in [6, 6.07) is -0.202. The number of rotatable bonds is 1. The van der Waals surface area contributed by atoms with E-state index in [0.29, 0.717) is 25.6 Å². The van der Waals surface area contributed by atoms with Gasteiger partial charge in [0.2, 0.25) is 0 Å². The lowest BCUT2D eigenvalue weighted by molar-refractivity contribution is 0.0293. The highest BCUT2D eigenvalue weighted by Gasteiger charge is 2.48. The molecule has 0 aromatic rings. The van der Waals surface area contributed by atoms with Crippen molar-refractivity contribution in [1.82, 2.24) is 4.90 Å². The molecule has 0 atom stereocenters. The number of aliphatic imine (C=N–C) groups is 1. The van der Waals surface area contributed by atoms with Crippen molar-refractivity contribution < 1.29 is 9.53 Å². The van der Waals surface area contributed by atoms with Crippen LogP contribution in [0.5, 0.6) is 0 Å². The van der Waals surface area contributed by atoms with Gasteiger partial charge in [-0.2, -0.15) is 4.99 Å². The van der Waals surface area contributed by atoms with E-state index in [2.05, 4.69) is 4.99 Å². The van der Waals surface area contributed by atoms with E-state index in [0.717, 1.165) is 12.8 Å². The predicted molar refractivity (Wildman–Crippen MR) is 52.2 cm³/mol. The van der Waals surface area contributed by atoms with Crippen LogP contribution in [0.3, 0.4) is 0 Å². The minimum Gasteiger partial charge on any atom is -0.385 e. The lowest BCUT2D eigenvalue weighted by Crippen LogP contribution is -2.57. The number of amides is 2. The molecular weight excluding hydrogens is 182 g/mol. The first-order chi connectivity index (χ1) is 6.70. The number of nitrogens with two attached hydrogens (primary N) is 1. The Balaban J connectivity index is 2.30. The van der Waals surface area contributed by atoms with Gasteiger partial charge in [0.05, 0.1) is 0 Å². The molecule has 0 aromatic heterocycles. The molecule has 1 saturated heterocycles. The molecule has 2 heterocycles. The van der Waals surface area contributed by atoms with Gasteiger partial charge in [0.25, 0.3) is 0 Å². The van der Waals surface area contributed by atoms with Crippen molar-refractivity contribution in [3.05, 3.63) is 0 Å². The summed E-state index contributed by atoms with van der Waals surface area (Å²) in [7, 11) is 0. The maximum Gasteiger partial charge on any atom is 0.346 e. The van der Waals surface area contributed by atoms with Crippen LogP contribution in [0.2, 0.25) is 0 Å². The second kappa shape index (κ2) is 3.24. The molecule has 0 bridgehead atoms. The Kier molecular flexibility index (Phi) is 2.19. The molecule has 0 saturated carbocycles. The number of nitrogens with zero attached hydrogens (tertiary/aromatic N) is 2. The second-order valence-electron chi connectivity index (χ2n) is 3.67. The van der Waals surface area contributed by atoms with Crippen molar-refractivity contribution in [1.29, 1.82) is 0 Å². The summed E-state index contributed by atoms with van der Waals surface area (Å²) in [5, 5.41) is 0. The highest BCUT2D eigenvalue weighted by Crippen LogP contribution is 2.32. The van der Waals surface area contributed by atoms with Gasteiger partial charge in [0.15, 0.2) is 0 Å². The number of amidine groups is 1. The van der Waals surface area contributed by atoms with E-state index >= 15 is 0 Å². The van der Waals surface area contributed by atoms with Crippen molar-refractivity contribution in [2.45, 2.75) is 25.3 Å². The van der Waals surface area contributed by atoms with E-state index in [1.54, 1.807) is 4.90 Å². The molecule has 5 heteroatoms. The molecule has 2 amide bonds. The fraction of sp³-hybridized carbons (Fsp3) is 0.778. The fourth-order valence-corrected chi connectivity index (χ4v) is 2.26. The van der Waals surface area contributed by atoms with Crippen LogP contribution in [-0.4, -0.2) is 42.1 Å². The minimum atomic E-state index is -0.343. The minimum absolute atomic E-state index is 0.202. The third-order valence-corrected chi connectivity index (χ3v) is 3.08. The fourth-order valence-electron chi connectivity index (χ4n) is 2.26. The standard InChI is InChI=1S/C9H15N3O2/c1-2-12-8(13)11-7(10)9(12)3-5-14-6-4-9/h2-6H2,1H3,(H2,10,11,13). The zero-order chi connectivity index (χ0) is 10.2. The summed E-state index contributed by atoms with van der Waals surface area (Å²) in [6.45, 7) is 3.91. The Labute approximate surface area is 82.9 Å². The van der Waals surface area contributed by atoms with Crippen molar-refractivity contribution in [2.75, 3.05) is 19.8 Å². The van der Waals surface area contributed by atoms with Gasteiger partial charge < -0.3 is 15.4 Å². The van der Waals surface area contributed by atoms with Crippen LogP contribution >= 0.6 is 0 Å². The van der Waals surface area contributed by atoms with E-state index in [-0.39, 0.29) is 11.6 Å². The Morgan fingerprint density at radius 1 is 1.57 bits per heavy atom. The average Bonchev–Trinajstić information content (AvgIpc) is 2.40. The van der Waals surface area contributed by atoms with E-state index in [9.17, 15) is 4.79 Å². The lowest BCUT2D eigenvalue weighted by atomic mass is 9.88. The lowest BCUT2D eigenvalue weighted by Gasteiger charge is -2.40. The number of ether oxygens (including phenoxy) is 1. The molecule has 0 radical (unpaired) electrons. The average molecular weight is 197 g/mol. The molecule has 14 heavy (non-hydrogen) atoms. The zero-order valence-corrected chi connectivity index (χ0v) is 8.32. The SMILES string of the molecule is CCN1C(=O)N=C(N)C12CCOCC2. The quantitative estimate of drug-likeness (QED) is 0.659. The summed E-state index contributed by atoms with van der Waals surface area (Å²) in [5.41, 5.74) is 5.49. The first-order valence-corrected chi connectivity index (χ1v) is 4.95. The number of urea groups is 1.